The number of aliphatic imine (C=N–C) groups is 1. The highest BCUT2D eigenvalue weighted by molar-refractivity contribution is 5.79. The highest BCUT2D eigenvalue weighted by Gasteiger charge is 2.34. The van der Waals surface area contributed by atoms with E-state index >= 15 is 0 Å². The Morgan fingerprint density at radius 3 is 2.61 bits per heavy atom. The maximum atomic E-state index is 5.67. The van der Waals surface area contributed by atoms with Gasteiger partial charge in [-0.05, 0) is 44.4 Å². The molecule has 1 aliphatic heterocycles. The third-order valence-electron chi connectivity index (χ3n) is 5.77. The summed E-state index contributed by atoms with van der Waals surface area (Å²) in [7, 11) is 0. The van der Waals surface area contributed by atoms with Crippen molar-refractivity contribution in [3.05, 3.63) is 42.0 Å². The van der Waals surface area contributed by atoms with E-state index in [9.17, 15) is 0 Å². The summed E-state index contributed by atoms with van der Waals surface area (Å²) in [5, 5.41) is 15.0. The summed E-state index contributed by atoms with van der Waals surface area (Å²) >= 11 is 0. The number of aryl methyl sites for hydroxylation is 1. The van der Waals surface area contributed by atoms with E-state index < -0.39 is 0 Å². The molecule has 0 radical (unpaired) electrons. The zero-order chi connectivity index (χ0) is 21.9. The fourth-order valence-electron chi connectivity index (χ4n) is 3.98. The van der Waals surface area contributed by atoms with Crippen LogP contribution in [0.3, 0.4) is 0 Å². The Balaban J connectivity index is 1.68. The molecule has 8 nitrogen and oxygen atoms in total. The van der Waals surface area contributed by atoms with Crippen LogP contribution < -0.4 is 15.4 Å². The van der Waals surface area contributed by atoms with E-state index in [1.54, 1.807) is 6.33 Å². The molecule has 2 N–H and O–H groups in total. The van der Waals surface area contributed by atoms with Crippen molar-refractivity contribution in [1.29, 1.82) is 0 Å². The van der Waals surface area contributed by atoms with Gasteiger partial charge in [-0.2, -0.15) is 0 Å². The summed E-state index contributed by atoms with van der Waals surface area (Å²) in [6.07, 6.45) is 4.59. The summed E-state index contributed by atoms with van der Waals surface area (Å²) in [5.41, 5.74) is 1.28. The molecule has 0 aliphatic carbocycles. The summed E-state index contributed by atoms with van der Waals surface area (Å²) in [6, 6.07) is 8.50. The van der Waals surface area contributed by atoms with Crippen molar-refractivity contribution >= 4 is 5.96 Å². The Morgan fingerprint density at radius 2 is 1.94 bits per heavy atom. The second-order valence-corrected chi connectivity index (χ2v) is 7.77. The van der Waals surface area contributed by atoms with Crippen molar-refractivity contribution in [2.24, 2.45) is 4.99 Å². The molecule has 1 aliphatic rings. The molecule has 0 amide bonds. The Labute approximate surface area is 185 Å². The summed E-state index contributed by atoms with van der Waals surface area (Å²) in [6.45, 7) is 11.5. The largest absolute Gasteiger partial charge is 0.494 e. The van der Waals surface area contributed by atoms with Gasteiger partial charge in [0.05, 0.1) is 13.2 Å². The summed E-state index contributed by atoms with van der Waals surface area (Å²) < 4.78 is 13.4. The lowest BCUT2D eigenvalue weighted by atomic mass is 9.74. The van der Waals surface area contributed by atoms with Gasteiger partial charge in [0.15, 0.2) is 5.96 Å². The molecule has 8 heteroatoms. The Morgan fingerprint density at radius 1 is 1.16 bits per heavy atom. The zero-order valence-electron chi connectivity index (χ0n) is 19.1. The van der Waals surface area contributed by atoms with E-state index in [0.717, 1.165) is 69.6 Å². The van der Waals surface area contributed by atoms with Gasteiger partial charge < -0.3 is 24.7 Å². The number of nitrogens with one attached hydrogen (secondary N) is 2. The van der Waals surface area contributed by atoms with Crippen LogP contribution in [0.1, 0.15) is 45.0 Å². The molecule has 1 aromatic heterocycles. The molecule has 0 unspecified atom stereocenters. The van der Waals surface area contributed by atoms with Gasteiger partial charge in [0.1, 0.15) is 17.9 Å². The molecule has 0 bridgehead atoms. The van der Waals surface area contributed by atoms with Crippen molar-refractivity contribution in [3.63, 3.8) is 0 Å². The first kappa shape index (κ1) is 23.1. The Kier molecular flexibility index (Phi) is 8.70. The maximum absolute atomic E-state index is 5.67. The SMILES string of the molecule is CCNC(=NCC1(c2ccc(OCC)cc2)CCOCC1)NCCn1cnnc1CC. The fourth-order valence-corrected chi connectivity index (χ4v) is 3.98. The first-order chi connectivity index (χ1) is 15.2. The average molecular weight is 429 g/mol. The van der Waals surface area contributed by atoms with Crippen LogP contribution in [0.5, 0.6) is 5.75 Å². The van der Waals surface area contributed by atoms with Gasteiger partial charge in [-0.3, -0.25) is 4.99 Å². The van der Waals surface area contributed by atoms with Crippen LogP contribution in [0, 0.1) is 0 Å². The predicted octanol–water partition coefficient (Wildman–Crippen LogP) is 2.54. The number of nitrogens with zero attached hydrogens (tertiary/aromatic N) is 4. The lowest BCUT2D eigenvalue weighted by Gasteiger charge is -2.36. The topological polar surface area (TPSA) is 85.6 Å². The van der Waals surface area contributed by atoms with E-state index in [4.69, 9.17) is 14.5 Å². The lowest BCUT2D eigenvalue weighted by molar-refractivity contribution is 0.0531. The maximum Gasteiger partial charge on any atom is 0.191 e. The highest BCUT2D eigenvalue weighted by Crippen LogP contribution is 2.36. The quantitative estimate of drug-likeness (QED) is 0.447. The first-order valence-corrected chi connectivity index (χ1v) is 11.4. The number of aromatic nitrogens is 3. The van der Waals surface area contributed by atoms with Crippen molar-refractivity contribution < 1.29 is 9.47 Å². The molecule has 1 saturated heterocycles. The van der Waals surface area contributed by atoms with E-state index in [-0.39, 0.29) is 5.41 Å². The fraction of sp³-hybridized carbons (Fsp3) is 0.609. The summed E-state index contributed by atoms with van der Waals surface area (Å²) in [5.74, 6) is 2.75. The van der Waals surface area contributed by atoms with Crippen LogP contribution in [-0.4, -0.2) is 60.2 Å². The van der Waals surface area contributed by atoms with Crippen molar-refractivity contribution in [2.75, 3.05) is 39.5 Å². The molecular weight excluding hydrogens is 392 g/mol. The predicted molar refractivity (Wildman–Crippen MR) is 123 cm³/mol. The van der Waals surface area contributed by atoms with Crippen LogP contribution in [0.4, 0.5) is 0 Å². The zero-order valence-corrected chi connectivity index (χ0v) is 19.1. The van der Waals surface area contributed by atoms with Crippen molar-refractivity contribution in [3.8, 4) is 5.75 Å². The third kappa shape index (κ3) is 6.19. The molecule has 0 saturated carbocycles. The molecule has 1 fully saturated rings. The summed E-state index contributed by atoms with van der Waals surface area (Å²) in [4.78, 5) is 4.97. The van der Waals surface area contributed by atoms with Gasteiger partial charge >= 0.3 is 0 Å². The van der Waals surface area contributed by atoms with Crippen molar-refractivity contribution in [1.82, 2.24) is 25.4 Å². The standard InChI is InChI=1S/C23H36N6O2/c1-4-21-28-27-18-29(21)14-13-25-22(24-5-2)26-17-23(11-15-30-16-12-23)19-7-9-20(10-8-19)31-6-3/h7-10,18H,4-6,11-17H2,1-3H3,(H2,24,25,26). The van der Waals surface area contributed by atoms with Gasteiger partial charge in [-0.25, -0.2) is 0 Å². The molecule has 2 aromatic rings. The molecule has 170 valence electrons. The second-order valence-electron chi connectivity index (χ2n) is 7.77. The van der Waals surface area contributed by atoms with Crippen LogP contribution in [-0.2, 0) is 23.1 Å². The van der Waals surface area contributed by atoms with Crippen LogP contribution >= 0.6 is 0 Å². The molecule has 0 spiro atoms. The van der Waals surface area contributed by atoms with E-state index in [1.807, 2.05) is 6.92 Å². The van der Waals surface area contributed by atoms with E-state index in [2.05, 4.69) is 63.5 Å². The Hall–Kier alpha value is -2.61. The minimum Gasteiger partial charge on any atom is -0.494 e. The monoisotopic (exact) mass is 428 g/mol. The van der Waals surface area contributed by atoms with Gasteiger partial charge in [-0.15, -0.1) is 10.2 Å². The minimum atomic E-state index is -0.0189. The molecule has 1 aromatic carbocycles. The van der Waals surface area contributed by atoms with Gasteiger partial charge in [0.25, 0.3) is 0 Å². The average Bonchev–Trinajstić information content (AvgIpc) is 3.26. The van der Waals surface area contributed by atoms with Crippen molar-refractivity contribution in [2.45, 2.75) is 52.0 Å². The normalized spacial score (nSPS) is 16.2. The van der Waals surface area contributed by atoms with Gasteiger partial charge in [0.2, 0.25) is 0 Å². The molecule has 2 heterocycles. The molecule has 3 rings (SSSR count). The lowest BCUT2D eigenvalue weighted by Crippen LogP contribution is -2.42. The Bertz CT molecular complexity index is 812. The number of hydrogen-bond acceptors (Lipinski definition) is 5. The van der Waals surface area contributed by atoms with E-state index in [1.165, 1.54) is 5.56 Å². The molecule has 0 atom stereocenters. The molecule has 31 heavy (non-hydrogen) atoms. The van der Waals surface area contributed by atoms with Crippen LogP contribution in [0.2, 0.25) is 0 Å². The van der Waals surface area contributed by atoms with Crippen LogP contribution in [0.25, 0.3) is 0 Å². The number of benzene rings is 1. The molecular formula is C23H36N6O2. The van der Waals surface area contributed by atoms with Gasteiger partial charge in [0, 0.05) is 44.7 Å². The first-order valence-electron chi connectivity index (χ1n) is 11.4. The minimum absolute atomic E-state index is 0.0189. The van der Waals surface area contributed by atoms with E-state index in [0.29, 0.717) is 13.2 Å². The third-order valence-corrected chi connectivity index (χ3v) is 5.77. The number of rotatable bonds is 10. The number of guanidine groups is 1. The van der Waals surface area contributed by atoms with Crippen LogP contribution in [0.15, 0.2) is 35.6 Å². The second kappa shape index (κ2) is 11.7. The number of hydrogen-bond donors (Lipinski definition) is 2. The van der Waals surface area contributed by atoms with Gasteiger partial charge in [-0.1, -0.05) is 19.1 Å². The smallest absolute Gasteiger partial charge is 0.191 e. The number of ether oxygens (including phenoxy) is 2. The highest BCUT2D eigenvalue weighted by atomic mass is 16.5.